The monoisotopic (exact) mass is 490 g/mol. The summed E-state index contributed by atoms with van der Waals surface area (Å²) in [6.07, 6.45) is 0. The van der Waals surface area contributed by atoms with Crippen LogP contribution < -0.4 is 4.74 Å². The Kier molecular flexibility index (Phi) is 6.59. The van der Waals surface area contributed by atoms with Crippen molar-refractivity contribution in [1.82, 2.24) is 9.21 Å². The second kappa shape index (κ2) is 8.77. The summed E-state index contributed by atoms with van der Waals surface area (Å²) in [6, 6.07) is 9.87. The molecule has 0 spiro atoms. The van der Waals surface area contributed by atoms with Crippen LogP contribution in [0.2, 0.25) is 5.02 Å². The van der Waals surface area contributed by atoms with E-state index in [0.717, 1.165) is 6.07 Å². The van der Waals surface area contributed by atoms with Gasteiger partial charge in [-0.1, -0.05) is 17.7 Å². The average molecular weight is 492 g/mol. The fourth-order valence-electron chi connectivity index (χ4n) is 2.78. The van der Waals surface area contributed by atoms with Crippen molar-refractivity contribution in [3.05, 3.63) is 57.8 Å². The molecule has 3 rings (SSSR count). The Morgan fingerprint density at radius 3 is 2.50 bits per heavy atom. The first-order valence-electron chi connectivity index (χ1n) is 8.39. The Labute approximate surface area is 176 Å². The van der Waals surface area contributed by atoms with E-state index in [-0.39, 0.29) is 43.6 Å². The molecule has 0 aliphatic carbocycles. The number of carbonyl (C=O) groups excluding carboxylic acids is 1. The number of amides is 1. The molecule has 1 saturated heterocycles. The first-order valence-corrected chi connectivity index (χ1v) is 11.0. The number of hydrogen-bond donors (Lipinski definition) is 0. The van der Waals surface area contributed by atoms with Crippen LogP contribution in [-0.4, -0.2) is 56.3 Å². The summed E-state index contributed by atoms with van der Waals surface area (Å²) in [5.74, 6) is -0.366. The van der Waals surface area contributed by atoms with Gasteiger partial charge in [-0.05, 0) is 52.3 Å². The molecule has 0 atom stereocenters. The molecule has 2 aromatic carbocycles. The van der Waals surface area contributed by atoms with Gasteiger partial charge in [0.25, 0.3) is 5.91 Å². The van der Waals surface area contributed by atoms with Gasteiger partial charge in [0.1, 0.15) is 11.6 Å². The van der Waals surface area contributed by atoms with Crippen molar-refractivity contribution in [3.63, 3.8) is 0 Å². The van der Waals surface area contributed by atoms with E-state index in [1.54, 1.807) is 23.1 Å². The number of rotatable bonds is 5. The van der Waals surface area contributed by atoms with E-state index in [1.165, 1.54) is 22.5 Å². The zero-order valence-corrected chi connectivity index (χ0v) is 17.8. The van der Waals surface area contributed by atoms with Gasteiger partial charge in [-0.2, -0.15) is 4.31 Å². The molecule has 0 saturated carbocycles. The summed E-state index contributed by atoms with van der Waals surface area (Å²) in [6.45, 7) is 0.568. The summed E-state index contributed by atoms with van der Waals surface area (Å²) in [5.41, 5.74) is 0. The smallest absolute Gasteiger partial charge is 0.260 e. The molecule has 0 aromatic heterocycles. The van der Waals surface area contributed by atoms with Crippen molar-refractivity contribution in [2.24, 2.45) is 0 Å². The molecule has 2 aromatic rings. The summed E-state index contributed by atoms with van der Waals surface area (Å²) in [4.78, 5) is 13.8. The Bertz CT molecular complexity index is 981. The van der Waals surface area contributed by atoms with Gasteiger partial charge in [0.05, 0.1) is 9.37 Å². The SMILES string of the molecule is O=C(COc1ccc(Cl)cc1Br)N1CCN(S(=O)(=O)c2cccc(F)c2)CC1. The number of carbonyl (C=O) groups is 1. The van der Waals surface area contributed by atoms with Gasteiger partial charge in [0.15, 0.2) is 6.61 Å². The summed E-state index contributed by atoms with van der Waals surface area (Å²) >= 11 is 9.19. The summed E-state index contributed by atoms with van der Waals surface area (Å²) in [5, 5.41) is 0.543. The number of hydrogen-bond acceptors (Lipinski definition) is 4. The normalized spacial score (nSPS) is 15.5. The lowest BCUT2D eigenvalue weighted by atomic mass is 10.3. The van der Waals surface area contributed by atoms with Gasteiger partial charge in [0.2, 0.25) is 10.0 Å². The molecule has 1 fully saturated rings. The maximum Gasteiger partial charge on any atom is 0.260 e. The Morgan fingerprint density at radius 1 is 1.14 bits per heavy atom. The quantitative estimate of drug-likeness (QED) is 0.644. The molecule has 1 aliphatic heterocycles. The van der Waals surface area contributed by atoms with Crippen LogP contribution in [-0.2, 0) is 14.8 Å². The van der Waals surface area contributed by atoms with E-state index >= 15 is 0 Å². The van der Waals surface area contributed by atoms with Crippen LogP contribution in [0.1, 0.15) is 0 Å². The molecular weight excluding hydrogens is 475 g/mol. The lowest BCUT2D eigenvalue weighted by Gasteiger charge is -2.34. The van der Waals surface area contributed by atoms with Gasteiger partial charge in [-0.15, -0.1) is 0 Å². The number of nitrogens with zero attached hydrogens (tertiary/aromatic N) is 2. The zero-order valence-electron chi connectivity index (χ0n) is 14.6. The molecule has 1 heterocycles. The highest BCUT2D eigenvalue weighted by Gasteiger charge is 2.30. The van der Waals surface area contributed by atoms with Crippen LogP contribution >= 0.6 is 27.5 Å². The van der Waals surface area contributed by atoms with E-state index in [4.69, 9.17) is 16.3 Å². The number of halogens is 3. The highest BCUT2D eigenvalue weighted by Crippen LogP contribution is 2.28. The number of piperazine rings is 1. The van der Waals surface area contributed by atoms with Crippen molar-refractivity contribution in [1.29, 1.82) is 0 Å². The van der Waals surface area contributed by atoms with Gasteiger partial charge in [-0.25, -0.2) is 12.8 Å². The number of benzene rings is 2. The fraction of sp³-hybridized carbons (Fsp3) is 0.278. The minimum Gasteiger partial charge on any atom is -0.483 e. The molecule has 0 unspecified atom stereocenters. The van der Waals surface area contributed by atoms with E-state index in [0.29, 0.717) is 15.2 Å². The van der Waals surface area contributed by atoms with Gasteiger partial charge < -0.3 is 9.64 Å². The standard InChI is InChI=1S/C18H17BrClFN2O4S/c19-16-10-13(20)4-5-17(16)27-12-18(24)22-6-8-23(9-7-22)28(25,26)15-3-1-2-14(21)11-15/h1-5,10-11H,6-9,12H2. The summed E-state index contributed by atoms with van der Waals surface area (Å²) < 4.78 is 46.0. The predicted molar refractivity (Wildman–Crippen MR) is 106 cm³/mol. The fourth-order valence-corrected chi connectivity index (χ4v) is 5.03. The first-order chi connectivity index (χ1) is 13.3. The van der Waals surface area contributed by atoms with Gasteiger partial charge in [-0.3, -0.25) is 4.79 Å². The molecular formula is C18H17BrClFN2O4S. The topological polar surface area (TPSA) is 66.9 Å². The Balaban J connectivity index is 1.56. The van der Waals surface area contributed by atoms with Crippen LogP contribution in [0.15, 0.2) is 51.8 Å². The molecule has 1 aliphatic rings. The van der Waals surface area contributed by atoms with Crippen molar-refractivity contribution >= 4 is 43.5 Å². The Morgan fingerprint density at radius 2 is 1.86 bits per heavy atom. The van der Waals surface area contributed by atoms with Crippen LogP contribution in [0.25, 0.3) is 0 Å². The zero-order chi connectivity index (χ0) is 20.3. The molecule has 28 heavy (non-hydrogen) atoms. The third-order valence-corrected chi connectivity index (χ3v) is 7.02. The minimum absolute atomic E-state index is 0.0943. The second-order valence-corrected chi connectivity index (χ2v) is 9.33. The van der Waals surface area contributed by atoms with Crippen molar-refractivity contribution in [3.8, 4) is 5.75 Å². The highest BCUT2D eigenvalue weighted by molar-refractivity contribution is 9.10. The largest absolute Gasteiger partial charge is 0.483 e. The number of sulfonamides is 1. The molecule has 150 valence electrons. The van der Waals surface area contributed by atoms with E-state index < -0.39 is 15.8 Å². The molecule has 1 amide bonds. The first kappa shape index (κ1) is 21.0. The van der Waals surface area contributed by atoms with Crippen molar-refractivity contribution in [2.75, 3.05) is 32.8 Å². The second-order valence-electron chi connectivity index (χ2n) is 6.11. The highest BCUT2D eigenvalue weighted by atomic mass is 79.9. The van der Waals surface area contributed by atoms with Crippen LogP contribution in [0.4, 0.5) is 4.39 Å². The maximum atomic E-state index is 13.3. The number of ether oxygens (including phenoxy) is 1. The van der Waals surface area contributed by atoms with Crippen LogP contribution in [0.5, 0.6) is 5.75 Å². The van der Waals surface area contributed by atoms with E-state index in [2.05, 4.69) is 15.9 Å². The molecule has 10 heteroatoms. The summed E-state index contributed by atoms with van der Waals surface area (Å²) in [7, 11) is -3.79. The van der Waals surface area contributed by atoms with Gasteiger partial charge in [0, 0.05) is 31.2 Å². The lowest BCUT2D eigenvalue weighted by Crippen LogP contribution is -2.51. The lowest BCUT2D eigenvalue weighted by molar-refractivity contribution is -0.134. The molecule has 0 radical (unpaired) electrons. The molecule has 6 nitrogen and oxygen atoms in total. The average Bonchev–Trinajstić information content (AvgIpc) is 2.67. The molecule has 0 N–H and O–H groups in total. The molecule has 0 bridgehead atoms. The van der Waals surface area contributed by atoms with E-state index in [1.807, 2.05) is 0 Å². The van der Waals surface area contributed by atoms with Crippen LogP contribution in [0, 0.1) is 5.82 Å². The Hall–Kier alpha value is -1.68. The minimum atomic E-state index is -3.79. The van der Waals surface area contributed by atoms with Crippen molar-refractivity contribution in [2.45, 2.75) is 4.90 Å². The van der Waals surface area contributed by atoms with Gasteiger partial charge >= 0.3 is 0 Å². The predicted octanol–water partition coefficient (Wildman–Crippen LogP) is 3.15. The third-order valence-electron chi connectivity index (χ3n) is 4.27. The van der Waals surface area contributed by atoms with Crippen LogP contribution in [0.3, 0.4) is 0 Å². The maximum absolute atomic E-state index is 13.3. The van der Waals surface area contributed by atoms with Crippen molar-refractivity contribution < 1.29 is 22.3 Å². The van der Waals surface area contributed by atoms with E-state index in [9.17, 15) is 17.6 Å². The third kappa shape index (κ3) is 4.83.